The number of aryl methyl sites for hydroxylation is 1. The number of hydrogen-bond donors (Lipinski definition) is 2. The topological polar surface area (TPSA) is 92.4 Å². The lowest BCUT2D eigenvalue weighted by atomic mass is 10.0. The lowest BCUT2D eigenvalue weighted by Crippen LogP contribution is -2.13. The summed E-state index contributed by atoms with van der Waals surface area (Å²) in [6, 6.07) is 12.4. The Bertz CT molecular complexity index is 1030. The molecule has 1 heterocycles. The first-order valence-electron chi connectivity index (χ1n) is 9.21. The summed E-state index contributed by atoms with van der Waals surface area (Å²) in [6.07, 6.45) is 2.13. The number of oxazole rings is 1. The average Bonchev–Trinajstić information content (AvgIpc) is 3.17. The van der Waals surface area contributed by atoms with E-state index in [0.29, 0.717) is 29.7 Å². The van der Waals surface area contributed by atoms with Crippen LogP contribution in [0.15, 0.2) is 53.1 Å². The molecule has 3 aromatic rings. The fourth-order valence-corrected chi connectivity index (χ4v) is 3.00. The molecule has 0 aliphatic rings. The van der Waals surface area contributed by atoms with Crippen molar-refractivity contribution in [1.29, 1.82) is 0 Å². The first-order chi connectivity index (χ1) is 13.8. The first kappa shape index (κ1) is 20.6. The molecule has 0 bridgehead atoms. The van der Waals surface area contributed by atoms with Gasteiger partial charge in [-0.05, 0) is 29.7 Å². The zero-order valence-corrected chi connectivity index (χ0v) is 16.9. The molecule has 7 heteroatoms. The van der Waals surface area contributed by atoms with Gasteiger partial charge in [-0.25, -0.2) is 9.78 Å². The molecule has 0 radical (unpaired) electrons. The third kappa shape index (κ3) is 5.23. The molecular formula is C22H21ClN2O4. The van der Waals surface area contributed by atoms with Gasteiger partial charge in [0.15, 0.2) is 11.7 Å². The number of carbonyl (C=O) groups excluding carboxylic acids is 1. The number of nitrogens with one attached hydrogen (secondary N) is 1. The quantitative estimate of drug-likeness (QED) is 0.542. The van der Waals surface area contributed by atoms with Crippen molar-refractivity contribution in [2.45, 2.75) is 32.6 Å². The third-order valence-electron chi connectivity index (χ3n) is 4.46. The van der Waals surface area contributed by atoms with E-state index in [1.165, 1.54) is 17.7 Å². The van der Waals surface area contributed by atoms with Crippen LogP contribution in [0.2, 0.25) is 5.02 Å². The molecular weight excluding hydrogens is 392 g/mol. The summed E-state index contributed by atoms with van der Waals surface area (Å²) in [6.45, 7) is 4.28. The number of carboxylic acids is 1. The third-order valence-corrected chi connectivity index (χ3v) is 4.79. The van der Waals surface area contributed by atoms with Gasteiger partial charge in [-0.3, -0.25) is 4.79 Å². The van der Waals surface area contributed by atoms with Crippen molar-refractivity contribution in [3.05, 3.63) is 70.7 Å². The van der Waals surface area contributed by atoms with Gasteiger partial charge in [0.1, 0.15) is 0 Å². The maximum Gasteiger partial charge on any atom is 0.337 e. The van der Waals surface area contributed by atoms with Crippen molar-refractivity contribution in [1.82, 2.24) is 4.98 Å². The summed E-state index contributed by atoms with van der Waals surface area (Å²) in [5.74, 6) is 0.148. The van der Waals surface area contributed by atoms with Crippen molar-refractivity contribution in [3.63, 3.8) is 0 Å². The molecule has 0 saturated heterocycles. The van der Waals surface area contributed by atoms with Gasteiger partial charge < -0.3 is 14.8 Å². The zero-order chi connectivity index (χ0) is 21.0. The summed E-state index contributed by atoms with van der Waals surface area (Å²) in [4.78, 5) is 27.5. The first-order valence-corrected chi connectivity index (χ1v) is 9.59. The van der Waals surface area contributed by atoms with Crippen LogP contribution in [0.25, 0.3) is 11.3 Å². The predicted molar refractivity (Wildman–Crippen MR) is 111 cm³/mol. The molecule has 0 aliphatic heterocycles. The zero-order valence-electron chi connectivity index (χ0n) is 16.1. The van der Waals surface area contributed by atoms with Gasteiger partial charge in [0.2, 0.25) is 5.91 Å². The Morgan fingerprint density at radius 3 is 2.55 bits per heavy atom. The lowest BCUT2D eigenvalue weighted by molar-refractivity contribution is -0.116. The number of anilines is 1. The number of halogens is 1. The van der Waals surface area contributed by atoms with Gasteiger partial charge in [-0.1, -0.05) is 49.7 Å². The van der Waals surface area contributed by atoms with E-state index in [1.807, 2.05) is 12.1 Å². The number of benzene rings is 2. The highest BCUT2D eigenvalue weighted by molar-refractivity contribution is 6.33. The SMILES string of the molecule is CC(C)c1ccc(-c2cnc(CCC(=O)Nc3ccc(Cl)c(C(=O)O)c3)o2)cc1. The van der Waals surface area contributed by atoms with Crippen LogP contribution in [-0.4, -0.2) is 22.0 Å². The summed E-state index contributed by atoms with van der Waals surface area (Å²) < 4.78 is 5.75. The molecule has 3 rings (SSSR count). The Morgan fingerprint density at radius 2 is 1.90 bits per heavy atom. The lowest BCUT2D eigenvalue weighted by Gasteiger charge is -2.06. The van der Waals surface area contributed by atoms with Crippen molar-refractivity contribution in [2.75, 3.05) is 5.32 Å². The van der Waals surface area contributed by atoms with Crippen molar-refractivity contribution < 1.29 is 19.1 Å². The number of nitrogens with zero attached hydrogens (tertiary/aromatic N) is 1. The number of aromatic carboxylic acids is 1. The summed E-state index contributed by atoms with van der Waals surface area (Å²) in [7, 11) is 0. The minimum Gasteiger partial charge on any atom is -0.478 e. The second-order valence-corrected chi connectivity index (χ2v) is 7.35. The second-order valence-electron chi connectivity index (χ2n) is 6.94. The van der Waals surface area contributed by atoms with Crippen LogP contribution in [0.5, 0.6) is 0 Å². The van der Waals surface area contributed by atoms with E-state index in [2.05, 4.69) is 36.3 Å². The molecule has 150 valence electrons. The van der Waals surface area contributed by atoms with Crippen LogP contribution >= 0.6 is 11.6 Å². The van der Waals surface area contributed by atoms with Crippen molar-refractivity contribution in [2.24, 2.45) is 0 Å². The number of carboxylic acid groups (broad SMARTS) is 1. The Kier molecular flexibility index (Phi) is 6.34. The maximum atomic E-state index is 12.2. The molecule has 0 aliphatic carbocycles. The Morgan fingerprint density at radius 1 is 1.17 bits per heavy atom. The van der Waals surface area contributed by atoms with Crippen LogP contribution in [0.3, 0.4) is 0 Å². The second kappa shape index (κ2) is 8.92. The number of carbonyl (C=O) groups is 2. The molecule has 0 atom stereocenters. The van der Waals surface area contributed by atoms with Gasteiger partial charge in [0, 0.05) is 24.1 Å². The van der Waals surface area contributed by atoms with Crippen molar-refractivity contribution in [3.8, 4) is 11.3 Å². The smallest absolute Gasteiger partial charge is 0.337 e. The number of aromatic nitrogens is 1. The minimum absolute atomic E-state index is 0.0645. The average molecular weight is 413 g/mol. The molecule has 0 spiro atoms. The van der Waals surface area contributed by atoms with E-state index >= 15 is 0 Å². The van der Waals surface area contributed by atoms with Gasteiger partial charge in [0.05, 0.1) is 16.8 Å². The molecule has 0 saturated carbocycles. The van der Waals surface area contributed by atoms with E-state index in [9.17, 15) is 9.59 Å². The highest BCUT2D eigenvalue weighted by Crippen LogP contribution is 2.24. The van der Waals surface area contributed by atoms with E-state index in [4.69, 9.17) is 21.1 Å². The predicted octanol–water partition coefficient (Wildman–Crippen LogP) is 5.39. The van der Waals surface area contributed by atoms with Crippen molar-refractivity contribution >= 4 is 29.2 Å². The van der Waals surface area contributed by atoms with Crippen LogP contribution in [0.1, 0.15) is 48.0 Å². The molecule has 1 amide bonds. The molecule has 0 unspecified atom stereocenters. The largest absolute Gasteiger partial charge is 0.478 e. The van der Waals surface area contributed by atoms with Crippen LogP contribution in [0.4, 0.5) is 5.69 Å². The Hall–Kier alpha value is -3.12. The van der Waals surface area contributed by atoms with E-state index in [-0.39, 0.29) is 22.9 Å². The number of hydrogen-bond acceptors (Lipinski definition) is 4. The maximum absolute atomic E-state index is 12.2. The highest BCUT2D eigenvalue weighted by Gasteiger charge is 2.13. The minimum atomic E-state index is -1.15. The van der Waals surface area contributed by atoms with E-state index in [1.54, 1.807) is 12.3 Å². The van der Waals surface area contributed by atoms with Gasteiger partial charge in [-0.15, -0.1) is 0 Å². The number of rotatable bonds is 7. The summed E-state index contributed by atoms with van der Waals surface area (Å²) >= 11 is 5.83. The van der Waals surface area contributed by atoms with E-state index in [0.717, 1.165) is 5.56 Å². The van der Waals surface area contributed by atoms with Gasteiger partial charge in [-0.2, -0.15) is 0 Å². The standard InChI is InChI=1S/C22H21ClN2O4/c1-13(2)14-3-5-15(6-4-14)19-12-24-21(29-19)10-9-20(26)25-16-7-8-18(23)17(11-16)22(27)28/h3-8,11-13H,9-10H2,1-2H3,(H,25,26)(H,27,28). The Labute approximate surface area is 173 Å². The van der Waals surface area contributed by atoms with Crippen LogP contribution < -0.4 is 5.32 Å². The molecule has 1 aromatic heterocycles. The molecule has 2 N–H and O–H groups in total. The Balaban J connectivity index is 1.59. The fraction of sp³-hybridized carbons (Fsp3) is 0.227. The summed E-state index contributed by atoms with van der Waals surface area (Å²) in [5.41, 5.74) is 2.49. The van der Waals surface area contributed by atoms with Gasteiger partial charge >= 0.3 is 5.97 Å². The van der Waals surface area contributed by atoms with Crippen LogP contribution in [-0.2, 0) is 11.2 Å². The molecule has 0 fully saturated rings. The van der Waals surface area contributed by atoms with E-state index < -0.39 is 5.97 Å². The highest BCUT2D eigenvalue weighted by atomic mass is 35.5. The monoisotopic (exact) mass is 412 g/mol. The van der Waals surface area contributed by atoms with Gasteiger partial charge in [0.25, 0.3) is 0 Å². The molecule has 6 nitrogen and oxygen atoms in total. The van der Waals surface area contributed by atoms with Crippen LogP contribution in [0, 0.1) is 0 Å². The molecule has 29 heavy (non-hydrogen) atoms. The fourth-order valence-electron chi connectivity index (χ4n) is 2.80. The summed E-state index contributed by atoms with van der Waals surface area (Å²) in [5, 5.41) is 11.9. The molecule has 2 aromatic carbocycles. The number of amides is 1. The normalized spacial score (nSPS) is 10.9.